The summed E-state index contributed by atoms with van der Waals surface area (Å²) >= 11 is 9.32. The molecule has 0 spiro atoms. The molecule has 0 bridgehead atoms. The lowest BCUT2D eigenvalue weighted by atomic mass is 10.3. The first-order valence-corrected chi connectivity index (χ1v) is 6.31. The Kier molecular flexibility index (Phi) is 4.52. The zero-order chi connectivity index (χ0) is 12.5. The summed E-state index contributed by atoms with van der Waals surface area (Å²) in [4.78, 5) is 21.9. The van der Waals surface area contributed by atoms with Gasteiger partial charge in [-0.05, 0) is 53.9 Å². The van der Waals surface area contributed by atoms with E-state index < -0.39 is 11.8 Å². The van der Waals surface area contributed by atoms with Crippen molar-refractivity contribution < 1.29 is 19.4 Å². The number of phenolic OH excluding ortho intramolecular Hbond substituents is 1. The van der Waals surface area contributed by atoms with Gasteiger partial charge in [-0.2, -0.15) is 0 Å². The van der Waals surface area contributed by atoms with Crippen LogP contribution in [0.4, 0.5) is 0 Å². The summed E-state index contributed by atoms with van der Waals surface area (Å²) in [7, 11) is 0. The van der Waals surface area contributed by atoms with Gasteiger partial charge in [0.25, 0.3) is 0 Å². The van der Waals surface area contributed by atoms with Crippen molar-refractivity contribution in [2.24, 2.45) is 0 Å². The topological polar surface area (TPSA) is 63.6 Å². The molecular weight excluding hydrogens is 412 g/mol. The number of esters is 1. The van der Waals surface area contributed by atoms with Crippen LogP contribution < -0.4 is 4.74 Å². The standard InChI is InChI=1S/C9H5Br3O4/c1-3(13)9(15)16-8-5(11)2-4(10)7(14)6(8)12/h2,14H,1H3. The number of hydrogen-bond donors (Lipinski definition) is 1. The molecule has 0 fully saturated rings. The van der Waals surface area contributed by atoms with E-state index in [1.807, 2.05) is 0 Å². The fraction of sp³-hybridized carbons (Fsp3) is 0.111. The first-order chi connectivity index (χ1) is 7.34. The average molecular weight is 417 g/mol. The number of aromatic hydroxyl groups is 1. The number of Topliss-reactive ketones (excluding diaryl/α,β-unsaturated/α-hetero) is 1. The fourth-order valence-corrected chi connectivity index (χ4v) is 3.10. The van der Waals surface area contributed by atoms with Gasteiger partial charge in [-0.3, -0.25) is 4.79 Å². The summed E-state index contributed by atoms with van der Waals surface area (Å²) in [6.07, 6.45) is 0. The van der Waals surface area contributed by atoms with E-state index in [0.717, 1.165) is 6.92 Å². The second kappa shape index (κ2) is 5.29. The quantitative estimate of drug-likeness (QED) is 0.457. The summed E-state index contributed by atoms with van der Waals surface area (Å²) in [5.41, 5.74) is 0. The van der Waals surface area contributed by atoms with Crippen molar-refractivity contribution in [1.82, 2.24) is 0 Å². The number of ketones is 1. The molecule has 0 amide bonds. The molecular formula is C9H5Br3O4. The van der Waals surface area contributed by atoms with Crippen molar-refractivity contribution in [2.75, 3.05) is 0 Å². The van der Waals surface area contributed by atoms with Crippen molar-refractivity contribution in [1.29, 1.82) is 0 Å². The highest BCUT2D eigenvalue weighted by atomic mass is 79.9. The Hall–Kier alpha value is -0.400. The SMILES string of the molecule is CC(=O)C(=O)Oc1c(Br)cc(Br)c(O)c1Br. The minimum absolute atomic E-state index is 0.0564. The lowest BCUT2D eigenvalue weighted by Crippen LogP contribution is -2.17. The number of carbonyl (C=O) groups excluding carboxylic acids is 2. The third-order valence-corrected chi connectivity index (χ3v) is 3.52. The molecule has 0 aliphatic carbocycles. The molecule has 0 aliphatic heterocycles. The van der Waals surface area contributed by atoms with Crippen LogP contribution in [0.25, 0.3) is 0 Å². The van der Waals surface area contributed by atoms with E-state index in [1.165, 1.54) is 6.07 Å². The third kappa shape index (κ3) is 2.83. The highest BCUT2D eigenvalue weighted by Crippen LogP contribution is 2.44. The Bertz CT molecular complexity index is 470. The molecule has 0 aliphatic rings. The molecule has 0 aromatic heterocycles. The Labute approximate surface area is 116 Å². The first-order valence-electron chi connectivity index (χ1n) is 3.93. The predicted octanol–water partition coefficient (Wildman–Crippen LogP) is 3.17. The second-order valence-corrected chi connectivity index (χ2v) is 5.28. The number of phenols is 1. The highest BCUT2D eigenvalue weighted by Gasteiger charge is 2.19. The van der Waals surface area contributed by atoms with Gasteiger partial charge in [0, 0.05) is 6.92 Å². The number of benzene rings is 1. The minimum Gasteiger partial charge on any atom is -0.505 e. The summed E-state index contributed by atoms with van der Waals surface area (Å²) in [5, 5.41) is 9.57. The Morgan fingerprint density at radius 3 is 2.31 bits per heavy atom. The van der Waals surface area contributed by atoms with Gasteiger partial charge in [-0.15, -0.1) is 0 Å². The lowest BCUT2D eigenvalue weighted by molar-refractivity contribution is -0.146. The Balaban J connectivity index is 3.19. The molecule has 4 nitrogen and oxygen atoms in total. The van der Waals surface area contributed by atoms with Gasteiger partial charge in [0.1, 0.15) is 10.2 Å². The molecule has 0 unspecified atom stereocenters. The summed E-state index contributed by atoms with van der Waals surface area (Å²) in [6, 6.07) is 1.50. The van der Waals surface area contributed by atoms with E-state index in [-0.39, 0.29) is 16.0 Å². The van der Waals surface area contributed by atoms with Crippen LogP contribution in [0.3, 0.4) is 0 Å². The van der Waals surface area contributed by atoms with E-state index in [1.54, 1.807) is 0 Å². The maximum atomic E-state index is 11.1. The molecule has 0 heterocycles. The van der Waals surface area contributed by atoms with Crippen molar-refractivity contribution >= 4 is 59.5 Å². The van der Waals surface area contributed by atoms with E-state index in [9.17, 15) is 14.7 Å². The fourth-order valence-electron chi connectivity index (χ4n) is 0.821. The molecule has 0 radical (unpaired) electrons. The number of hydrogen-bond acceptors (Lipinski definition) is 4. The Morgan fingerprint density at radius 2 is 1.81 bits per heavy atom. The van der Waals surface area contributed by atoms with E-state index in [2.05, 4.69) is 47.8 Å². The van der Waals surface area contributed by atoms with Crippen molar-refractivity contribution in [3.8, 4) is 11.5 Å². The van der Waals surface area contributed by atoms with Gasteiger partial charge < -0.3 is 9.84 Å². The maximum absolute atomic E-state index is 11.1. The van der Waals surface area contributed by atoms with Crippen molar-refractivity contribution in [2.45, 2.75) is 6.92 Å². The van der Waals surface area contributed by atoms with Crippen molar-refractivity contribution in [3.63, 3.8) is 0 Å². The van der Waals surface area contributed by atoms with E-state index in [0.29, 0.717) is 8.95 Å². The molecule has 16 heavy (non-hydrogen) atoms. The number of carbonyl (C=O) groups is 2. The number of halogens is 3. The lowest BCUT2D eigenvalue weighted by Gasteiger charge is -2.09. The van der Waals surface area contributed by atoms with Crippen LogP contribution in [0, 0.1) is 0 Å². The first kappa shape index (κ1) is 13.7. The predicted molar refractivity (Wildman–Crippen MR) is 67.5 cm³/mol. The zero-order valence-corrected chi connectivity index (χ0v) is 12.6. The third-order valence-electron chi connectivity index (χ3n) is 1.59. The van der Waals surface area contributed by atoms with Crippen LogP contribution in [0.15, 0.2) is 19.5 Å². The monoisotopic (exact) mass is 414 g/mol. The second-order valence-electron chi connectivity index (χ2n) is 2.78. The summed E-state index contributed by atoms with van der Waals surface area (Å²) < 4.78 is 5.85. The summed E-state index contributed by atoms with van der Waals surface area (Å²) in [5.74, 6) is -1.78. The largest absolute Gasteiger partial charge is 0.505 e. The van der Waals surface area contributed by atoms with E-state index >= 15 is 0 Å². The highest BCUT2D eigenvalue weighted by molar-refractivity contribution is 9.11. The van der Waals surface area contributed by atoms with Crippen LogP contribution in [-0.4, -0.2) is 16.9 Å². The van der Waals surface area contributed by atoms with Gasteiger partial charge in [-0.1, -0.05) is 0 Å². The molecule has 0 saturated heterocycles. The normalized spacial score (nSPS) is 10.0. The average Bonchev–Trinajstić information content (AvgIpc) is 2.20. The van der Waals surface area contributed by atoms with Gasteiger partial charge in [0.15, 0.2) is 5.75 Å². The van der Waals surface area contributed by atoms with Gasteiger partial charge in [0.05, 0.1) is 8.95 Å². The van der Waals surface area contributed by atoms with Crippen LogP contribution in [0.5, 0.6) is 11.5 Å². The molecule has 1 rings (SSSR count). The number of rotatable bonds is 2. The minimum atomic E-state index is -0.997. The van der Waals surface area contributed by atoms with Crippen LogP contribution in [0.2, 0.25) is 0 Å². The molecule has 7 heteroatoms. The van der Waals surface area contributed by atoms with Crippen LogP contribution in [-0.2, 0) is 9.59 Å². The molecule has 0 atom stereocenters. The van der Waals surface area contributed by atoms with Gasteiger partial charge in [0.2, 0.25) is 5.78 Å². The maximum Gasteiger partial charge on any atom is 0.379 e. The van der Waals surface area contributed by atoms with Crippen molar-refractivity contribution in [3.05, 3.63) is 19.5 Å². The van der Waals surface area contributed by atoms with Crippen LogP contribution >= 0.6 is 47.8 Å². The molecule has 1 N–H and O–H groups in total. The van der Waals surface area contributed by atoms with Gasteiger partial charge >= 0.3 is 5.97 Å². The molecule has 1 aromatic carbocycles. The zero-order valence-electron chi connectivity index (χ0n) is 7.88. The van der Waals surface area contributed by atoms with E-state index in [4.69, 9.17) is 4.74 Å². The smallest absolute Gasteiger partial charge is 0.379 e. The molecule has 86 valence electrons. The van der Waals surface area contributed by atoms with Gasteiger partial charge in [-0.25, -0.2) is 4.79 Å². The Morgan fingerprint density at radius 1 is 1.25 bits per heavy atom. The van der Waals surface area contributed by atoms with Crippen LogP contribution in [0.1, 0.15) is 6.92 Å². The number of ether oxygens (including phenoxy) is 1. The molecule has 1 aromatic rings. The molecule has 0 saturated carbocycles. The summed E-state index contributed by atoms with van der Waals surface area (Å²) in [6.45, 7) is 1.10.